The average molecular weight is 532 g/mol. The van der Waals surface area contributed by atoms with Crippen LogP contribution in [0.1, 0.15) is 66.0 Å². The zero-order valence-electron chi connectivity index (χ0n) is 23.9. The van der Waals surface area contributed by atoms with Gasteiger partial charge in [0.05, 0.1) is 0 Å². The molecule has 2 N–H and O–H groups in total. The second-order valence-electron chi connectivity index (χ2n) is 11.1. The zero-order chi connectivity index (χ0) is 28.6. The van der Waals surface area contributed by atoms with Gasteiger partial charge in [0.2, 0.25) is 5.91 Å². The van der Waals surface area contributed by atoms with E-state index in [-0.39, 0.29) is 17.7 Å². The Labute approximate surface area is 231 Å². The molecule has 0 saturated carbocycles. The summed E-state index contributed by atoms with van der Waals surface area (Å²) in [4.78, 5) is 42.3. The highest BCUT2D eigenvalue weighted by Gasteiger charge is 2.37. The van der Waals surface area contributed by atoms with E-state index in [0.717, 1.165) is 17.2 Å². The lowest BCUT2D eigenvalue weighted by Gasteiger charge is -2.35. The third-order valence-electron chi connectivity index (χ3n) is 6.33. The largest absolute Gasteiger partial charge is 0.444 e. The average Bonchev–Trinajstić information content (AvgIpc) is 2.88. The quantitative estimate of drug-likeness (QED) is 0.305. The number of fused-ring (bicyclic) bond motifs is 1. The van der Waals surface area contributed by atoms with Crippen molar-refractivity contribution in [2.45, 2.75) is 72.1 Å². The van der Waals surface area contributed by atoms with Crippen LogP contribution < -0.4 is 10.6 Å². The number of alkyl carbamates (subject to hydrolysis) is 1. The van der Waals surface area contributed by atoms with Gasteiger partial charge in [-0.15, -0.1) is 0 Å². The molecule has 3 amide bonds. The summed E-state index contributed by atoms with van der Waals surface area (Å²) in [6.45, 7) is 11.4. The van der Waals surface area contributed by atoms with E-state index in [1.165, 1.54) is 0 Å². The lowest BCUT2D eigenvalue weighted by atomic mass is 9.98. The molecule has 7 nitrogen and oxygen atoms in total. The summed E-state index contributed by atoms with van der Waals surface area (Å²) in [5, 5.41) is 7.88. The highest BCUT2D eigenvalue weighted by molar-refractivity contribution is 6.00. The number of benzene rings is 3. The standard InChI is InChI=1S/C32H41N3O4/c1-7-8-20-35(30(37)27(22(2)3)34-31(38)39-32(4,5)6)28(24-15-10-9-11-16-24)29(36)33-26-19-18-23-14-12-13-17-25(23)21-26/h9-19,21-22,27-28H,7-8,20H2,1-6H3,(H,33,36)(H,34,38). The number of unbranched alkanes of at least 4 members (excludes halogenated alkanes) is 1. The highest BCUT2D eigenvalue weighted by Crippen LogP contribution is 2.27. The normalized spacial score (nSPS) is 13.0. The molecule has 3 aromatic carbocycles. The van der Waals surface area contributed by atoms with Gasteiger partial charge in [0, 0.05) is 12.2 Å². The van der Waals surface area contributed by atoms with Crippen LogP contribution in [-0.2, 0) is 14.3 Å². The second-order valence-corrected chi connectivity index (χ2v) is 11.1. The number of hydrogen-bond donors (Lipinski definition) is 2. The molecule has 7 heteroatoms. The topological polar surface area (TPSA) is 87.7 Å². The molecule has 0 aromatic heterocycles. The molecule has 0 saturated heterocycles. The van der Waals surface area contributed by atoms with Crippen molar-refractivity contribution in [2.75, 3.05) is 11.9 Å². The van der Waals surface area contributed by atoms with Crippen molar-refractivity contribution >= 4 is 34.4 Å². The number of carbonyl (C=O) groups is 3. The molecule has 0 aliphatic heterocycles. The van der Waals surface area contributed by atoms with Crippen molar-refractivity contribution in [3.8, 4) is 0 Å². The molecular weight excluding hydrogens is 490 g/mol. The summed E-state index contributed by atoms with van der Waals surface area (Å²) in [5.41, 5.74) is 0.637. The van der Waals surface area contributed by atoms with Gasteiger partial charge >= 0.3 is 6.09 Å². The molecular formula is C32H41N3O4. The number of rotatable bonds is 10. The maximum Gasteiger partial charge on any atom is 0.408 e. The SMILES string of the molecule is CCCCN(C(=O)C(NC(=O)OC(C)(C)C)C(C)C)C(C(=O)Nc1ccc2ccccc2c1)c1ccccc1. The van der Waals surface area contributed by atoms with Crippen LogP contribution in [0, 0.1) is 5.92 Å². The third kappa shape index (κ3) is 8.31. The first-order valence-corrected chi connectivity index (χ1v) is 13.6. The number of anilines is 1. The van der Waals surface area contributed by atoms with Gasteiger partial charge in [-0.3, -0.25) is 9.59 Å². The van der Waals surface area contributed by atoms with E-state index >= 15 is 0 Å². The van der Waals surface area contributed by atoms with Gasteiger partial charge in [0.25, 0.3) is 5.91 Å². The summed E-state index contributed by atoms with van der Waals surface area (Å²) >= 11 is 0. The van der Waals surface area contributed by atoms with Crippen LogP contribution in [0.2, 0.25) is 0 Å². The summed E-state index contributed by atoms with van der Waals surface area (Å²) in [6, 6.07) is 21.2. The van der Waals surface area contributed by atoms with Crippen LogP contribution >= 0.6 is 0 Å². The van der Waals surface area contributed by atoms with Crippen molar-refractivity contribution in [2.24, 2.45) is 5.92 Å². The van der Waals surface area contributed by atoms with Crippen molar-refractivity contribution < 1.29 is 19.1 Å². The van der Waals surface area contributed by atoms with E-state index in [4.69, 9.17) is 4.74 Å². The fourth-order valence-corrected chi connectivity index (χ4v) is 4.41. The van der Waals surface area contributed by atoms with Gasteiger partial charge in [-0.1, -0.05) is 87.9 Å². The van der Waals surface area contributed by atoms with E-state index in [2.05, 4.69) is 10.6 Å². The summed E-state index contributed by atoms with van der Waals surface area (Å²) in [6.07, 6.45) is 0.876. The van der Waals surface area contributed by atoms with Crippen LogP contribution in [-0.4, -0.2) is 41.0 Å². The number of hydrogen-bond acceptors (Lipinski definition) is 4. The molecule has 0 radical (unpaired) electrons. The van der Waals surface area contributed by atoms with Crippen molar-refractivity contribution in [1.82, 2.24) is 10.2 Å². The Balaban J connectivity index is 1.97. The maximum absolute atomic E-state index is 14.1. The second kappa shape index (κ2) is 13.3. The van der Waals surface area contributed by atoms with Gasteiger partial charge in [-0.25, -0.2) is 4.79 Å². The van der Waals surface area contributed by atoms with Gasteiger partial charge in [-0.2, -0.15) is 0 Å². The summed E-state index contributed by atoms with van der Waals surface area (Å²) in [7, 11) is 0. The smallest absolute Gasteiger partial charge is 0.408 e. The Bertz CT molecular complexity index is 1270. The van der Waals surface area contributed by atoms with Crippen LogP contribution in [0.15, 0.2) is 72.8 Å². The van der Waals surface area contributed by atoms with Crippen LogP contribution in [0.4, 0.5) is 10.5 Å². The van der Waals surface area contributed by atoms with E-state index in [0.29, 0.717) is 24.2 Å². The Morgan fingerprint density at radius 1 is 0.897 bits per heavy atom. The van der Waals surface area contributed by atoms with Crippen molar-refractivity contribution in [3.05, 3.63) is 78.4 Å². The van der Waals surface area contributed by atoms with Crippen LogP contribution in [0.25, 0.3) is 10.8 Å². The molecule has 39 heavy (non-hydrogen) atoms. The molecule has 2 atom stereocenters. The number of ether oxygens (including phenoxy) is 1. The Hall–Kier alpha value is -3.87. The fraction of sp³-hybridized carbons (Fsp3) is 0.406. The maximum atomic E-state index is 14.1. The molecule has 0 aliphatic carbocycles. The first-order valence-electron chi connectivity index (χ1n) is 13.6. The first kappa shape index (κ1) is 29.7. The molecule has 3 aromatic rings. The van der Waals surface area contributed by atoms with E-state index in [1.807, 2.05) is 93.6 Å². The van der Waals surface area contributed by atoms with Crippen LogP contribution in [0.3, 0.4) is 0 Å². The zero-order valence-corrected chi connectivity index (χ0v) is 23.9. The Kier molecular flexibility index (Phi) is 10.1. The monoisotopic (exact) mass is 531 g/mol. The van der Waals surface area contributed by atoms with Gasteiger partial charge in [0.1, 0.15) is 17.7 Å². The fourth-order valence-electron chi connectivity index (χ4n) is 4.41. The number of nitrogens with one attached hydrogen (secondary N) is 2. The predicted molar refractivity (Wildman–Crippen MR) is 156 cm³/mol. The lowest BCUT2D eigenvalue weighted by molar-refractivity contribution is -0.141. The third-order valence-corrected chi connectivity index (χ3v) is 6.33. The minimum atomic E-state index is -0.890. The molecule has 0 heterocycles. The highest BCUT2D eigenvalue weighted by atomic mass is 16.6. The minimum absolute atomic E-state index is 0.228. The first-order chi connectivity index (χ1) is 18.5. The molecule has 0 spiro atoms. The van der Waals surface area contributed by atoms with E-state index in [1.54, 1.807) is 25.7 Å². The van der Waals surface area contributed by atoms with Crippen molar-refractivity contribution in [3.63, 3.8) is 0 Å². The van der Waals surface area contributed by atoms with Crippen LogP contribution in [0.5, 0.6) is 0 Å². The lowest BCUT2D eigenvalue weighted by Crippen LogP contribution is -2.54. The molecule has 208 valence electrons. The molecule has 3 rings (SSSR count). The van der Waals surface area contributed by atoms with E-state index in [9.17, 15) is 14.4 Å². The van der Waals surface area contributed by atoms with Gasteiger partial charge < -0.3 is 20.3 Å². The molecule has 0 bridgehead atoms. The van der Waals surface area contributed by atoms with Crippen molar-refractivity contribution in [1.29, 1.82) is 0 Å². The van der Waals surface area contributed by atoms with E-state index < -0.39 is 23.8 Å². The molecule has 2 unspecified atom stereocenters. The number of carbonyl (C=O) groups excluding carboxylic acids is 3. The summed E-state index contributed by atoms with van der Waals surface area (Å²) in [5.74, 6) is -0.873. The predicted octanol–water partition coefficient (Wildman–Crippen LogP) is 6.70. The Morgan fingerprint density at radius 2 is 1.54 bits per heavy atom. The summed E-state index contributed by atoms with van der Waals surface area (Å²) < 4.78 is 5.44. The number of amides is 3. The molecule has 0 fully saturated rings. The number of nitrogens with zero attached hydrogens (tertiary/aromatic N) is 1. The minimum Gasteiger partial charge on any atom is -0.444 e. The van der Waals surface area contributed by atoms with Gasteiger partial charge in [0.15, 0.2) is 0 Å². The molecule has 0 aliphatic rings. The van der Waals surface area contributed by atoms with Gasteiger partial charge in [-0.05, 0) is 61.6 Å². The Morgan fingerprint density at radius 3 is 2.15 bits per heavy atom.